The van der Waals surface area contributed by atoms with Crippen molar-refractivity contribution >= 4 is 5.91 Å². The first kappa shape index (κ1) is 18.7. The molecule has 0 saturated carbocycles. The van der Waals surface area contributed by atoms with E-state index in [4.69, 9.17) is 14.2 Å². The molecule has 1 aromatic heterocycles. The van der Waals surface area contributed by atoms with Crippen molar-refractivity contribution in [2.45, 2.75) is 31.2 Å². The number of nitrogens with zero attached hydrogens (tertiary/aromatic N) is 4. The summed E-state index contributed by atoms with van der Waals surface area (Å²) in [6, 6.07) is 16.5. The maximum Gasteiger partial charge on any atom is 0.341 e. The third-order valence-corrected chi connectivity index (χ3v) is 5.39. The maximum absolute atomic E-state index is 12.6. The van der Waals surface area contributed by atoms with Gasteiger partial charge in [0.05, 0.1) is 19.3 Å². The Hall–Kier alpha value is -3.30. The average molecular weight is 407 g/mol. The highest BCUT2D eigenvalue weighted by Crippen LogP contribution is 2.36. The number of nitrogens with one attached hydrogen (secondary N) is 1. The summed E-state index contributed by atoms with van der Waals surface area (Å²) in [6.07, 6.45) is -0.562. The van der Waals surface area contributed by atoms with Crippen LogP contribution >= 0.6 is 0 Å². The normalized spacial score (nSPS) is 25.1. The van der Waals surface area contributed by atoms with Crippen LogP contribution in [0.15, 0.2) is 54.6 Å². The van der Waals surface area contributed by atoms with Crippen LogP contribution in [-0.2, 0) is 9.47 Å². The molecule has 0 radical (unpaired) electrons. The van der Waals surface area contributed by atoms with E-state index in [-0.39, 0.29) is 36.2 Å². The first-order valence-corrected chi connectivity index (χ1v) is 9.80. The number of hydrogen-bond acceptors (Lipinski definition) is 7. The Morgan fingerprint density at radius 1 is 1.07 bits per heavy atom. The van der Waals surface area contributed by atoms with E-state index in [0.29, 0.717) is 24.5 Å². The van der Waals surface area contributed by atoms with Crippen molar-refractivity contribution in [2.75, 3.05) is 13.2 Å². The third kappa shape index (κ3) is 3.53. The molecule has 0 spiro atoms. The summed E-state index contributed by atoms with van der Waals surface area (Å²) in [6.45, 7) is 2.71. The van der Waals surface area contributed by atoms with Crippen molar-refractivity contribution in [3.63, 3.8) is 0 Å². The number of hydrogen-bond donors (Lipinski definition) is 1. The highest BCUT2D eigenvalue weighted by molar-refractivity contribution is 5.94. The van der Waals surface area contributed by atoms with E-state index in [1.54, 1.807) is 4.68 Å². The molecule has 2 saturated heterocycles. The predicted molar refractivity (Wildman–Crippen MR) is 105 cm³/mol. The van der Waals surface area contributed by atoms with Gasteiger partial charge in [-0.3, -0.25) is 4.79 Å². The number of benzene rings is 2. The minimum absolute atomic E-state index is 0.146. The molecule has 5 rings (SSSR count). The second-order valence-electron chi connectivity index (χ2n) is 7.43. The molecule has 3 heterocycles. The molecule has 3 aromatic rings. The highest BCUT2D eigenvalue weighted by atomic mass is 16.6. The zero-order valence-corrected chi connectivity index (χ0v) is 16.3. The number of aryl methyl sites for hydroxylation is 1. The summed E-state index contributed by atoms with van der Waals surface area (Å²) in [7, 11) is 0. The number of rotatable bonds is 5. The Kier molecular flexibility index (Phi) is 4.89. The van der Waals surface area contributed by atoms with Crippen LogP contribution in [0.4, 0.5) is 0 Å². The molecule has 0 bridgehead atoms. The Balaban J connectivity index is 1.28. The van der Waals surface area contributed by atoms with Gasteiger partial charge < -0.3 is 19.5 Å². The number of aromatic nitrogens is 4. The van der Waals surface area contributed by atoms with Gasteiger partial charge in [-0.05, 0) is 41.6 Å². The van der Waals surface area contributed by atoms with Crippen molar-refractivity contribution in [1.29, 1.82) is 0 Å². The summed E-state index contributed by atoms with van der Waals surface area (Å²) >= 11 is 0. The maximum atomic E-state index is 12.6. The second kappa shape index (κ2) is 7.85. The van der Waals surface area contributed by atoms with E-state index in [2.05, 4.69) is 20.8 Å². The van der Waals surface area contributed by atoms with Crippen LogP contribution < -0.4 is 10.1 Å². The lowest BCUT2D eigenvalue weighted by Crippen LogP contribution is -2.44. The summed E-state index contributed by atoms with van der Waals surface area (Å²) in [4.78, 5) is 12.6. The molecule has 2 aromatic carbocycles. The van der Waals surface area contributed by atoms with Crippen LogP contribution in [0.3, 0.4) is 0 Å². The topological polar surface area (TPSA) is 100 Å². The molecule has 1 N–H and O–H groups in total. The van der Waals surface area contributed by atoms with Crippen molar-refractivity contribution in [3.8, 4) is 11.8 Å². The van der Waals surface area contributed by atoms with E-state index in [1.165, 1.54) is 0 Å². The smallest absolute Gasteiger partial charge is 0.341 e. The van der Waals surface area contributed by atoms with Crippen LogP contribution in [0.2, 0.25) is 0 Å². The Labute approximate surface area is 172 Å². The quantitative estimate of drug-likeness (QED) is 0.689. The molecule has 1 amide bonds. The number of ether oxygens (including phenoxy) is 3. The zero-order chi connectivity index (χ0) is 20.5. The summed E-state index contributed by atoms with van der Waals surface area (Å²) < 4.78 is 19.4. The largest absolute Gasteiger partial charge is 0.423 e. The number of fused-ring (bicyclic) bond motifs is 1. The van der Waals surface area contributed by atoms with Gasteiger partial charge in [-0.25, -0.2) is 0 Å². The number of tetrazole rings is 1. The molecule has 2 aliphatic heterocycles. The summed E-state index contributed by atoms with van der Waals surface area (Å²) in [5.41, 5.74) is 1.71. The molecule has 2 aliphatic rings. The number of carbonyl (C=O) groups excluding carboxylic acids is 1. The minimum atomic E-state index is -0.282. The average Bonchev–Trinajstić information content (AvgIpc) is 3.47. The van der Waals surface area contributed by atoms with Gasteiger partial charge in [0.15, 0.2) is 0 Å². The second-order valence-corrected chi connectivity index (χ2v) is 7.43. The Bertz CT molecular complexity index is 1020. The molecule has 0 unspecified atom stereocenters. The van der Waals surface area contributed by atoms with Crippen molar-refractivity contribution in [1.82, 2.24) is 25.5 Å². The lowest BCUT2D eigenvalue weighted by atomic mass is 10.1. The molecule has 154 valence electrons. The van der Waals surface area contributed by atoms with Crippen molar-refractivity contribution in [3.05, 3.63) is 65.7 Å². The standard InChI is InChI=1S/C21H21N5O4/c1-13-7-9-14(10-8-13)20(27)22-16-11-28-19-17(12-29-18(16)19)26-21(23-24-25-26)30-15-5-3-2-4-6-15/h2-10,16-19H,11-12H2,1H3,(H,22,27)/t16-,17-,18+,19+/m0/s1. The first-order valence-electron chi connectivity index (χ1n) is 9.80. The summed E-state index contributed by atoms with van der Waals surface area (Å²) in [5.74, 6) is 0.492. The van der Waals surface area contributed by atoms with Crippen LogP contribution in [-0.4, -0.2) is 57.6 Å². The molecular weight excluding hydrogens is 386 g/mol. The molecule has 30 heavy (non-hydrogen) atoms. The van der Waals surface area contributed by atoms with E-state index >= 15 is 0 Å². The number of carbonyl (C=O) groups is 1. The molecule has 9 heteroatoms. The van der Waals surface area contributed by atoms with E-state index in [1.807, 2.05) is 61.5 Å². The van der Waals surface area contributed by atoms with E-state index in [9.17, 15) is 4.79 Å². The lowest BCUT2D eigenvalue weighted by Gasteiger charge is -2.18. The molecular formula is C21H21N5O4. The Morgan fingerprint density at radius 3 is 2.63 bits per heavy atom. The van der Waals surface area contributed by atoms with Gasteiger partial charge in [0.25, 0.3) is 5.91 Å². The third-order valence-electron chi connectivity index (χ3n) is 5.39. The van der Waals surface area contributed by atoms with Gasteiger partial charge in [0, 0.05) is 5.56 Å². The predicted octanol–water partition coefficient (Wildman–Crippen LogP) is 1.91. The Morgan fingerprint density at radius 2 is 1.83 bits per heavy atom. The fourth-order valence-corrected chi connectivity index (χ4v) is 3.82. The van der Waals surface area contributed by atoms with Crippen LogP contribution in [0.1, 0.15) is 22.0 Å². The fourth-order valence-electron chi connectivity index (χ4n) is 3.82. The van der Waals surface area contributed by atoms with Gasteiger partial charge in [-0.2, -0.15) is 4.68 Å². The van der Waals surface area contributed by atoms with Gasteiger partial charge in [0.1, 0.15) is 24.0 Å². The molecule has 4 atom stereocenters. The van der Waals surface area contributed by atoms with Crippen molar-refractivity contribution < 1.29 is 19.0 Å². The highest BCUT2D eigenvalue weighted by Gasteiger charge is 2.50. The summed E-state index contributed by atoms with van der Waals surface area (Å²) in [5, 5.41) is 14.8. The number of amides is 1. The van der Waals surface area contributed by atoms with Crippen LogP contribution in [0, 0.1) is 6.92 Å². The lowest BCUT2D eigenvalue weighted by molar-refractivity contribution is 0.0606. The zero-order valence-electron chi connectivity index (χ0n) is 16.3. The minimum Gasteiger partial charge on any atom is -0.423 e. The SMILES string of the molecule is Cc1ccc(C(=O)N[C@H]2CO[C@H]3[C@@H]2OC[C@@H]3n2nnnc2Oc2ccccc2)cc1. The van der Waals surface area contributed by atoms with E-state index < -0.39 is 0 Å². The van der Waals surface area contributed by atoms with Gasteiger partial charge in [-0.15, -0.1) is 0 Å². The van der Waals surface area contributed by atoms with Crippen molar-refractivity contribution in [2.24, 2.45) is 0 Å². The number of para-hydroxylation sites is 1. The van der Waals surface area contributed by atoms with Crippen LogP contribution in [0.25, 0.3) is 0 Å². The van der Waals surface area contributed by atoms with E-state index in [0.717, 1.165) is 5.56 Å². The molecule has 2 fully saturated rings. The van der Waals surface area contributed by atoms with Gasteiger partial charge in [0.2, 0.25) is 0 Å². The fraction of sp³-hybridized carbons (Fsp3) is 0.333. The first-order chi connectivity index (χ1) is 14.7. The molecule has 9 nitrogen and oxygen atoms in total. The monoisotopic (exact) mass is 407 g/mol. The van der Waals surface area contributed by atoms with Gasteiger partial charge in [-0.1, -0.05) is 41.0 Å². The van der Waals surface area contributed by atoms with Gasteiger partial charge >= 0.3 is 6.01 Å². The molecule has 0 aliphatic carbocycles. The van der Waals surface area contributed by atoms with Crippen LogP contribution in [0.5, 0.6) is 11.8 Å².